The Morgan fingerprint density at radius 1 is 1.14 bits per heavy atom. The fraction of sp³-hybridized carbons (Fsp3) is 0.167. The zero-order chi connectivity index (χ0) is 20.1. The van der Waals surface area contributed by atoms with Crippen LogP contribution in [0, 0.1) is 4.77 Å². The van der Waals surface area contributed by atoms with E-state index in [9.17, 15) is 0 Å². The second kappa shape index (κ2) is 8.52. The van der Waals surface area contributed by atoms with Crippen LogP contribution in [0.4, 0.5) is 0 Å². The lowest BCUT2D eigenvalue weighted by atomic mass is 10.2. The van der Waals surface area contributed by atoms with E-state index in [-0.39, 0.29) is 6.01 Å². The molecule has 2 heterocycles. The number of aromatic amines is 1. The van der Waals surface area contributed by atoms with E-state index in [0.717, 1.165) is 11.3 Å². The fourth-order valence-electron chi connectivity index (χ4n) is 2.62. The fourth-order valence-corrected chi connectivity index (χ4v) is 2.79. The van der Waals surface area contributed by atoms with E-state index in [2.05, 4.69) is 31.1 Å². The summed E-state index contributed by atoms with van der Waals surface area (Å²) in [5, 5.41) is 18.3. The van der Waals surface area contributed by atoms with Gasteiger partial charge in [-0.3, -0.25) is 5.10 Å². The maximum atomic E-state index is 5.96. The molecule has 0 atom stereocenters. The van der Waals surface area contributed by atoms with Gasteiger partial charge >= 0.3 is 6.01 Å². The van der Waals surface area contributed by atoms with Gasteiger partial charge in [-0.1, -0.05) is 29.4 Å². The van der Waals surface area contributed by atoms with Crippen LogP contribution >= 0.6 is 12.2 Å². The highest BCUT2D eigenvalue weighted by Gasteiger charge is 2.14. The van der Waals surface area contributed by atoms with Crippen LogP contribution in [-0.2, 0) is 6.54 Å². The molecule has 0 saturated heterocycles. The zero-order valence-corrected chi connectivity index (χ0v) is 16.3. The summed E-state index contributed by atoms with van der Waals surface area (Å²) in [5.41, 5.74) is 4.93. The number of aromatic nitrogens is 7. The highest BCUT2D eigenvalue weighted by molar-refractivity contribution is 7.71. The molecule has 10 nitrogen and oxygen atoms in total. The van der Waals surface area contributed by atoms with Gasteiger partial charge in [0.1, 0.15) is 6.33 Å². The molecule has 4 aromatic rings. The molecule has 11 heteroatoms. The summed E-state index contributed by atoms with van der Waals surface area (Å²) in [7, 11) is 0. The predicted molar refractivity (Wildman–Crippen MR) is 107 cm³/mol. The van der Waals surface area contributed by atoms with E-state index in [1.165, 1.54) is 4.68 Å². The van der Waals surface area contributed by atoms with Crippen LogP contribution in [0.5, 0.6) is 17.5 Å². The van der Waals surface area contributed by atoms with E-state index < -0.39 is 0 Å². The lowest BCUT2D eigenvalue weighted by molar-refractivity contribution is 0.315. The minimum atomic E-state index is 0.243. The molecule has 0 aliphatic carbocycles. The van der Waals surface area contributed by atoms with Gasteiger partial charge in [0.25, 0.3) is 0 Å². The maximum absolute atomic E-state index is 5.96. The van der Waals surface area contributed by atoms with E-state index in [1.807, 2.05) is 55.5 Å². The standard InChI is InChI=1S/C18H18N8O2S/c1-2-27-16-10-13(11-20-25-12-19-22-18(25)29)8-9-15(16)28-17-21-23-24-26(17)14-6-4-3-5-7-14/h3-10,12,20H,2,11H2,1H3,(H,22,29). The number of hydrogen-bond acceptors (Lipinski definition) is 8. The first-order chi connectivity index (χ1) is 14.2. The van der Waals surface area contributed by atoms with E-state index in [0.29, 0.717) is 29.4 Å². The number of H-pyrrole nitrogens is 1. The molecule has 29 heavy (non-hydrogen) atoms. The van der Waals surface area contributed by atoms with Gasteiger partial charge in [0.15, 0.2) is 11.5 Å². The van der Waals surface area contributed by atoms with Crippen molar-refractivity contribution < 1.29 is 9.47 Å². The molecule has 0 bridgehead atoms. The predicted octanol–water partition coefficient (Wildman–Crippen LogP) is 2.85. The smallest absolute Gasteiger partial charge is 0.346 e. The van der Waals surface area contributed by atoms with Crippen LogP contribution < -0.4 is 14.9 Å². The Morgan fingerprint density at radius 3 is 2.76 bits per heavy atom. The molecule has 0 amide bonds. The second-order valence-electron chi connectivity index (χ2n) is 5.89. The molecule has 0 radical (unpaired) electrons. The number of nitrogens with zero attached hydrogens (tertiary/aromatic N) is 6. The SMILES string of the molecule is CCOc1cc(CNn2cn[nH]c2=S)ccc1Oc1nnnn1-c1ccccc1. The monoisotopic (exact) mass is 410 g/mol. The van der Waals surface area contributed by atoms with Crippen LogP contribution in [0.1, 0.15) is 12.5 Å². The third-order valence-corrected chi connectivity index (χ3v) is 4.24. The molecule has 0 fully saturated rings. The first-order valence-electron chi connectivity index (χ1n) is 8.88. The van der Waals surface area contributed by atoms with Gasteiger partial charge in [0.2, 0.25) is 4.77 Å². The third kappa shape index (κ3) is 4.24. The van der Waals surface area contributed by atoms with Gasteiger partial charge in [0.05, 0.1) is 18.8 Å². The van der Waals surface area contributed by atoms with Gasteiger partial charge in [-0.2, -0.15) is 9.78 Å². The Morgan fingerprint density at radius 2 is 2.00 bits per heavy atom. The third-order valence-electron chi connectivity index (χ3n) is 3.96. The number of hydrogen-bond donors (Lipinski definition) is 2. The van der Waals surface area contributed by atoms with Crippen molar-refractivity contribution in [2.24, 2.45) is 0 Å². The highest BCUT2D eigenvalue weighted by atomic mass is 32.1. The Hall–Kier alpha value is -3.73. The molecular weight excluding hydrogens is 392 g/mol. The maximum Gasteiger partial charge on any atom is 0.346 e. The van der Waals surface area contributed by atoms with E-state index in [1.54, 1.807) is 11.0 Å². The van der Waals surface area contributed by atoms with Crippen molar-refractivity contribution >= 4 is 12.2 Å². The van der Waals surface area contributed by atoms with E-state index in [4.69, 9.17) is 21.7 Å². The Balaban J connectivity index is 1.56. The summed E-state index contributed by atoms with van der Waals surface area (Å²) < 4.78 is 15.4. The Bertz CT molecular complexity index is 1140. The minimum absolute atomic E-state index is 0.243. The molecule has 148 valence electrons. The van der Waals surface area contributed by atoms with Crippen molar-refractivity contribution in [1.29, 1.82) is 0 Å². The van der Waals surface area contributed by atoms with Crippen molar-refractivity contribution in [1.82, 2.24) is 35.1 Å². The lowest BCUT2D eigenvalue weighted by Gasteiger charge is -2.13. The summed E-state index contributed by atoms with van der Waals surface area (Å²) in [6.07, 6.45) is 1.58. The average molecular weight is 410 g/mol. The molecule has 0 aliphatic rings. The summed E-state index contributed by atoms with van der Waals surface area (Å²) in [4.78, 5) is 0. The van der Waals surface area contributed by atoms with Gasteiger partial charge in [-0.15, -0.1) is 0 Å². The first-order valence-corrected chi connectivity index (χ1v) is 9.28. The average Bonchev–Trinajstić information content (AvgIpc) is 3.37. The number of para-hydroxylation sites is 1. The van der Waals surface area contributed by atoms with Crippen LogP contribution in [0.15, 0.2) is 54.9 Å². The zero-order valence-electron chi connectivity index (χ0n) is 15.5. The van der Waals surface area contributed by atoms with Crippen LogP contribution in [-0.4, -0.2) is 41.7 Å². The van der Waals surface area contributed by atoms with Crippen molar-refractivity contribution in [3.63, 3.8) is 0 Å². The van der Waals surface area contributed by atoms with Gasteiger partial charge in [-0.25, -0.2) is 4.68 Å². The second-order valence-corrected chi connectivity index (χ2v) is 6.28. The number of ether oxygens (including phenoxy) is 2. The van der Waals surface area contributed by atoms with Crippen molar-refractivity contribution in [3.05, 3.63) is 65.2 Å². The number of benzene rings is 2. The normalized spacial score (nSPS) is 10.7. The molecule has 2 aromatic heterocycles. The topological polar surface area (TPSA) is 108 Å². The number of nitrogens with one attached hydrogen (secondary N) is 2. The van der Waals surface area contributed by atoms with Crippen molar-refractivity contribution in [2.75, 3.05) is 12.0 Å². The molecule has 2 N–H and O–H groups in total. The van der Waals surface area contributed by atoms with Crippen molar-refractivity contribution in [3.8, 4) is 23.2 Å². The van der Waals surface area contributed by atoms with Gasteiger partial charge in [0, 0.05) is 0 Å². The molecule has 0 saturated carbocycles. The van der Waals surface area contributed by atoms with Gasteiger partial charge in [-0.05, 0) is 59.4 Å². The lowest BCUT2D eigenvalue weighted by Crippen LogP contribution is -2.13. The minimum Gasteiger partial charge on any atom is -0.490 e. The summed E-state index contributed by atoms with van der Waals surface area (Å²) in [5.74, 6) is 1.10. The van der Waals surface area contributed by atoms with E-state index >= 15 is 0 Å². The number of rotatable bonds is 8. The van der Waals surface area contributed by atoms with Crippen molar-refractivity contribution in [2.45, 2.75) is 13.5 Å². The molecule has 2 aromatic carbocycles. The highest BCUT2D eigenvalue weighted by Crippen LogP contribution is 2.32. The van der Waals surface area contributed by atoms with Crippen LogP contribution in [0.2, 0.25) is 0 Å². The Labute approximate surface area is 171 Å². The molecule has 0 spiro atoms. The van der Waals surface area contributed by atoms with Gasteiger partial charge < -0.3 is 14.9 Å². The summed E-state index contributed by atoms with van der Waals surface area (Å²) >= 11 is 5.12. The largest absolute Gasteiger partial charge is 0.490 e. The number of tetrazole rings is 1. The first kappa shape index (κ1) is 18.6. The molecule has 0 aliphatic heterocycles. The quantitative estimate of drug-likeness (QED) is 0.427. The molecule has 4 rings (SSSR count). The van der Waals surface area contributed by atoms with Crippen LogP contribution in [0.25, 0.3) is 5.69 Å². The van der Waals surface area contributed by atoms with Crippen LogP contribution in [0.3, 0.4) is 0 Å². The summed E-state index contributed by atoms with van der Waals surface area (Å²) in [6, 6.07) is 15.4. The Kier molecular flexibility index (Phi) is 5.47. The molecule has 0 unspecified atom stereocenters. The molecular formula is C18H18N8O2S. The summed E-state index contributed by atoms with van der Waals surface area (Å²) in [6.45, 7) is 2.92.